The molecule has 19 heteroatoms. The molecule has 3 aliphatic rings. The Morgan fingerprint density at radius 2 is 0.700 bits per heavy atom. The van der Waals surface area contributed by atoms with Crippen LogP contribution >= 0.6 is 0 Å². The number of aliphatic hydroxyl groups excluding tert-OH is 11. The first kappa shape index (κ1) is 90.9. The summed E-state index contributed by atoms with van der Waals surface area (Å²) in [5.41, 5.74) is 0. The number of carbonyl (C=O) groups excluding carboxylic acids is 1. The number of amides is 1. The molecular weight excluding hydrogens is 1270 g/mol. The van der Waals surface area contributed by atoms with Crippen LogP contribution in [0.25, 0.3) is 0 Å². The fourth-order valence-electron chi connectivity index (χ4n) is 12.8. The third-order valence-corrected chi connectivity index (χ3v) is 19.1. The Bertz CT molecular complexity index is 2190. The van der Waals surface area contributed by atoms with Gasteiger partial charge in [0.05, 0.1) is 38.6 Å². The maximum absolute atomic E-state index is 13.5. The molecule has 17 atom stereocenters. The summed E-state index contributed by atoms with van der Waals surface area (Å²) >= 11 is 0. The van der Waals surface area contributed by atoms with E-state index in [1.165, 1.54) is 154 Å². The van der Waals surface area contributed by atoms with Crippen molar-refractivity contribution in [3.63, 3.8) is 0 Å². The lowest BCUT2D eigenvalue weighted by Gasteiger charge is -2.48. The van der Waals surface area contributed by atoms with E-state index >= 15 is 0 Å². The highest BCUT2D eigenvalue weighted by Crippen LogP contribution is 2.33. The van der Waals surface area contributed by atoms with Crippen molar-refractivity contribution >= 4 is 5.91 Å². The van der Waals surface area contributed by atoms with Gasteiger partial charge in [-0.2, -0.15) is 0 Å². The summed E-state index contributed by atoms with van der Waals surface area (Å²) in [6.07, 6.45) is 55.3. The Morgan fingerprint density at radius 3 is 1.12 bits per heavy atom. The highest BCUT2D eigenvalue weighted by molar-refractivity contribution is 5.76. The lowest BCUT2D eigenvalue weighted by molar-refractivity contribution is -0.379. The summed E-state index contributed by atoms with van der Waals surface area (Å²) in [7, 11) is 0. The molecule has 3 heterocycles. The maximum Gasteiger partial charge on any atom is 0.220 e. The van der Waals surface area contributed by atoms with Crippen LogP contribution in [0.15, 0.2) is 97.2 Å². The van der Waals surface area contributed by atoms with E-state index in [4.69, 9.17) is 28.4 Å². The van der Waals surface area contributed by atoms with Gasteiger partial charge in [0.15, 0.2) is 18.9 Å². The van der Waals surface area contributed by atoms with E-state index in [-0.39, 0.29) is 18.9 Å². The predicted molar refractivity (Wildman–Crippen MR) is 397 cm³/mol. The molecule has 578 valence electrons. The molecule has 1 amide bonds. The highest BCUT2D eigenvalue weighted by atomic mass is 16.8. The molecule has 3 fully saturated rings. The van der Waals surface area contributed by atoms with Gasteiger partial charge >= 0.3 is 0 Å². The number of aliphatic hydroxyl groups is 11. The first-order chi connectivity index (χ1) is 48.8. The van der Waals surface area contributed by atoms with E-state index in [1.807, 2.05) is 6.08 Å². The number of carbonyl (C=O) groups is 1. The molecule has 19 nitrogen and oxygen atoms in total. The monoisotopic (exact) mass is 1420 g/mol. The van der Waals surface area contributed by atoms with Gasteiger partial charge in [0.1, 0.15) is 73.2 Å². The SMILES string of the molecule is CC/C=C\C/C=C\C/C=C\C/C=C\C/C=C\CCCCCCCCCCCC(=O)NC(COC1OC(CO)C(OC2OC(CO)C(OC3OC(CO)C(O)C(O)C3O)C(O)C2O)C(O)C1O)C(O)/C=C/CC/C=C/CC/C=C/CCCCCCCCCCCCCCCCCCCCCC. The van der Waals surface area contributed by atoms with Gasteiger partial charge in [0, 0.05) is 6.42 Å². The second-order valence-electron chi connectivity index (χ2n) is 27.8. The summed E-state index contributed by atoms with van der Waals surface area (Å²) in [5, 5.41) is 121. The lowest BCUT2D eigenvalue weighted by atomic mass is 9.96. The normalized spacial score (nSPS) is 27.0. The molecule has 17 unspecified atom stereocenters. The Morgan fingerprint density at radius 1 is 0.370 bits per heavy atom. The first-order valence-corrected chi connectivity index (χ1v) is 39.5. The molecule has 0 bridgehead atoms. The van der Waals surface area contributed by atoms with Crippen molar-refractivity contribution in [2.45, 2.75) is 381 Å². The van der Waals surface area contributed by atoms with Crippen molar-refractivity contribution in [1.29, 1.82) is 0 Å². The minimum Gasteiger partial charge on any atom is -0.394 e. The molecule has 12 N–H and O–H groups in total. The fourth-order valence-corrected chi connectivity index (χ4v) is 12.8. The lowest BCUT2D eigenvalue weighted by Crippen LogP contribution is -2.66. The van der Waals surface area contributed by atoms with Crippen molar-refractivity contribution in [1.82, 2.24) is 5.32 Å². The van der Waals surface area contributed by atoms with E-state index < -0.39 is 124 Å². The molecule has 0 aliphatic carbocycles. The summed E-state index contributed by atoms with van der Waals surface area (Å²) in [4.78, 5) is 13.5. The Hall–Kier alpha value is -3.29. The van der Waals surface area contributed by atoms with Crippen molar-refractivity contribution in [3.05, 3.63) is 97.2 Å². The molecule has 3 aliphatic heterocycles. The van der Waals surface area contributed by atoms with Crippen LogP contribution in [0.2, 0.25) is 0 Å². The van der Waals surface area contributed by atoms with Crippen molar-refractivity contribution in [2.24, 2.45) is 0 Å². The number of hydrogen-bond acceptors (Lipinski definition) is 18. The first-order valence-electron chi connectivity index (χ1n) is 39.5. The van der Waals surface area contributed by atoms with Gasteiger partial charge in [-0.25, -0.2) is 0 Å². The summed E-state index contributed by atoms with van der Waals surface area (Å²) in [6, 6.07) is -1.01. The molecular formula is C81H141NO18. The summed E-state index contributed by atoms with van der Waals surface area (Å²) in [6.45, 7) is 1.61. The zero-order chi connectivity index (χ0) is 72.5. The van der Waals surface area contributed by atoms with Gasteiger partial charge < -0.3 is 89.9 Å². The van der Waals surface area contributed by atoms with E-state index in [9.17, 15) is 61.0 Å². The Labute approximate surface area is 603 Å². The van der Waals surface area contributed by atoms with E-state index in [0.717, 1.165) is 89.9 Å². The standard InChI is InChI=1S/C81H141NO18/c1-3-5-7-9-11-13-15-17-19-21-23-25-27-29-30-31-32-33-35-36-38-40-42-44-46-48-50-52-54-56-58-65(86)64(82-69(87)59-57-55-53-51-49-47-45-43-41-39-37-34-28-26-24-22-20-18-16-14-12-10-8-6-4-2)63-95-79-75(93)72(90)77(67(61-84)97-79)100-81-76(94)73(91)78(68(62-85)98-81)99-80-74(92)71(89)70(88)66(60-83)96-80/h6,8,12,14,18,20,24,26,34,37,40,42,48,50,56,58,64-68,70-81,83-86,88-94H,3-5,7,9-11,13,15-17,19,21-23,25,27-33,35-36,38-39,41,43-47,49,51-55,57,59-63H2,1-2H3,(H,82,87)/b8-6-,14-12-,20-18-,26-24-,37-34-,42-40+,50-48+,58-56+. The number of unbranched alkanes of at least 4 members (excludes halogenated alkanes) is 31. The van der Waals surface area contributed by atoms with Crippen LogP contribution < -0.4 is 5.32 Å². The zero-order valence-electron chi connectivity index (χ0n) is 61.6. The molecule has 0 saturated carbocycles. The van der Waals surface area contributed by atoms with Crippen molar-refractivity contribution < 1.29 is 89.4 Å². The highest BCUT2D eigenvalue weighted by Gasteiger charge is 2.53. The molecule has 0 radical (unpaired) electrons. The average molecular weight is 1420 g/mol. The third-order valence-electron chi connectivity index (χ3n) is 19.1. The molecule has 100 heavy (non-hydrogen) atoms. The summed E-state index contributed by atoms with van der Waals surface area (Å²) < 4.78 is 34.4. The van der Waals surface area contributed by atoms with Crippen LogP contribution in [0.4, 0.5) is 0 Å². The molecule has 0 aromatic rings. The van der Waals surface area contributed by atoms with Crippen molar-refractivity contribution in [2.75, 3.05) is 26.4 Å². The Kier molecular flexibility index (Phi) is 55.4. The van der Waals surface area contributed by atoms with Gasteiger partial charge in [-0.05, 0) is 89.9 Å². The minimum atomic E-state index is -1.99. The van der Waals surface area contributed by atoms with Gasteiger partial charge in [-0.15, -0.1) is 0 Å². The van der Waals surface area contributed by atoms with E-state index in [0.29, 0.717) is 12.8 Å². The largest absolute Gasteiger partial charge is 0.394 e. The number of hydrogen-bond donors (Lipinski definition) is 12. The molecule has 3 saturated heterocycles. The van der Waals surface area contributed by atoms with E-state index in [2.05, 4.69) is 104 Å². The van der Waals surface area contributed by atoms with Gasteiger partial charge in [-0.3, -0.25) is 4.79 Å². The second-order valence-corrected chi connectivity index (χ2v) is 27.8. The fraction of sp³-hybridized carbons (Fsp3) is 0.790. The van der Waals surface area contributed by atoms with Crippen LogP contribution in [0, 0.1) is 0 Å². The molecule has 0 aromatic carbocycles. The van der Waals surface area contributed by atoms with Crippen LogP contribution in [-0.4, -0.2) is 193 Å². The molecule has 0 spiro atoms. The van der Waals surface area contributed by atoms with E-state index in [1.54, 1.807) is 6.08 Å². The topological polar surface area (TPSA) is 307 Å². The number of rotatable bonds is 61. The van der Waals surface area contributed by atoms with Crippen LogP contribution in [0.5, 0.6) is 0 Å². The van der Waals surface area contributed by atoms with Gasteiger partial charge in [0.2, 0.25) is 5.91 Å². The number of allylic oxidation sites excluding steroid dienone is 15. The van der Waals surface area contributed by atoms with Crippen LogP contribution in [-0.2, 0) is 33.2 Å². The third kappa shape index (κ3) is 40.8. The van der Waals surface area contributed by atoms with Crippen LogP contribution in [0.3, 0.4) is 0 Å². The van der Waals surface area contributed by atoms with Crippen LogP contribution in [0.1, 0.15) is 277 Å². The zero-order valence-corrected chi connectivity index (χ0v) is 61.6. The predicted octanol–water partition coefficient (Wildman–Crippen LogP) is 12.8. The number of ether oxygens (including phenoxy) is 6. The quantitative estimate of drug-likeness (QED) is 0.0199. The van der Waals surface area contributed by atoms with Gasteiger partial charge in [0.25, 0.3) is 0 Å². The second kappa shape index (κ2) is 60.9. The molecule has 3 rings (SSSR count). The summed E-state index contributed by atoms with van der Waals surface area (Å²) in [5.74, 6) is -0.298. The minimum absolute atomic E-state index is 0.219. The number of nitrogens with one attached hydrogen (secondary N) is 1. The van der Waals surface area contributed by atoms with Crippen molar-refractivity contribution in [3.8, 4) is 0 Å². The smallest absolute Gasteiger partial charge is 0.220 e. The van der Waals surface area contributed by atoms with Gasteiger partial charge in [-0.1, -0.05) is 278 Å². The Balaban J connectivity index is 1.41. The molecule has 0 aromatic heterocycles. The maximum atomic E-state index is 13.5. The average Bonchev–Trinajstić information content (AvgIpc) is 0.783.